The number of anilines is 2. The fraction of sp³-hybridized carbons (Fsp3) is 0.545. The molecule has 7 heteroatoms. The van der Waals surface area contributed by atoms with Gasteiger partial charge in [-0.15, -0.1) is 0 Å². The van der Waals surface area contributed by atoms with Crippen molar-refractivity contribution < 1.29 is 9.53 Å². The van der Waals surface area contributed by atoms with Crippen molar-refractivity contribution in [1.29, 1.82) is 0 Å². The van der Waals surface area contributed by atoms with E-state index in [0.29, 0.717) is 37.6 Å². The van der Waals surface area contributed by atoms with E-state index in [-0.39, 0.29) is 5.91 Å². The molecule has 0 aromatic carbocycles. The van der Waals surface area contributed by atoms with Crippen LogP contribution in [0.2, 0.25) is 0 Å². The summed E-state index contributed by atoms with van der Waals surface area (Å²) >= 11 is 0. The fourth-order valence-electron chi connectivity index (χ4n) is 1.39. The number of rotatable bonds is 8. The number of nitrogens with two attached hydrogens (primary N) is 1. The van der Waals surface area contributed by atoms with Gasteiger partial charge >= 0.3 is 0 Å². The maximum absolute atomic E-state index is 10.6. The van der Waals surface area contributed by atoms with Crippen LogP contribution in [0.25, 0.3) is 0 Å². The molecule has 4 N–H and O–H groups in total. The Hall–Kier alpha value is -1.89. The van der Waals surface area contributed by atoms with Gasteiger partial charge < -0.3 is 21.1 Å². The number of ether oxygens (including phenoxy) is 1. The normalized spacial score (nSPS) is 10.1. The molecule has 0 aliphatic rings. The predicted molar refractivity (Wildman–Crippen MR) is 69.2 cm³/mol. The van der Waals surface area contributed by atoms with Gasteiger partial charge in [0.05, 0.1) is 0 Å². The van der Waals surface area contributed by atoms with Crippen molar-refractivity contribution in [1.82, 2.24) is 9.97 Å². The Bertz CT molecular complexity index is 397. The molecular formula is C11H19N5O2. The highest BCUT2D eigenvalue weighted by Gasteiger charge is 2.03. The maximum Gasteiger partial charge on any atom is 0.217 e. The second-order valence-corrected chi connectivity index (χ2v) is 3.73. The zero-order valence-corrected chi connectivity index (χ0v) is 10.7. The molecule has 0 atom stereocenters. The highest BCUT2D eigenvalue weighted by Crippen LogP contribution is 2.11. The number of methoxy groups -OCH3 is 1. The van der Waals surface area contributed by atoms with Gasteiger partial charge in [-0.2, -0.15) is 0 Å². The fourth-order valence-corrected chi connectivity index (χ4v) is 1.39. The number of nitrogens with one attached hydrogen (secondary N) is 2. The summed E-state index contributed by atoms with van der Waals surface area (Å²) < 4.78 is 5.00. The van der Waals surface area contributed by atoms with E-state index in [9.17, 15) is 4.79 Å². The van der Waals surface area contributed by atoms with Gasteiger partial charge in [-0.05, 0) is 6.42 Å². The first-order chi connectivity index (χ1) is 8.65. The molecule has 1 heterocycles. The average Bonchev–Trinajstić information content (AvgIpc) is 2.34. The second kappa shape index (κ2) is 7.44. The monoisotopic (exact) mass is 253 g/mol. The minimum Gasteiger partial charge on any atom is -0.377 e. The Morgan fingerprint density at radius 2 is 2.17 bits per heavy atom. The van der Waals surface area contributed by atoms with E-state index in [1.54, 1.807) is 20.2 Å². The number of carbonyl (C=O) groups excluding carboxylic acids is 1. The molecule has 18 heavy (non-hydrogen) atoms. The molecular weight excluding hydrogens is 234 g/mol. The maximum atomic E-state index is 10.6. The first kappa shape index (κ1) is 14.2. The number of hydrogen-bond donors (Lipinski definition) is 3. The lowest BCUT2D eigenvalue weighted by atomic mass is 10.3. The van der Waals surface area contributed by atoms with Crippen LogP contribution in [0.4, 0.5) is 11.6 Å². The smallest absolute Gasteiger partial charge is 0.217 e. The molecule has 7 nitrogen and oxygen atoms in total. The Kier molecular flexibility index (Phi) is 5.86. The minimum absolute atomic E-state index is 0.296. The Balaban J connectivity index is 2.57. The molecule has 0 saturated carbocycles. The first-order valence-electron chi connectivity index (χ1n) is 5.72. The SMILES string of the molecule is CNc1cc(NCCCC(N)=O)nc(COC)n1. The van der Waals surface area contributed by atoms with Crippen LogP contribution in [-0.2, 0) is 16.1 Å². The topological polar surface area (TPSA) is 102 Å². The molecule has 0 aliphatic carbocycles. The lowest BCUT2D eigenvalue weighted by molar-refractivity contribution is -0.118. The van der Waals surface area contributed by atoms with Gasteiger partial charge in [0.15, 0.2) is 5.82 Å². The Labute approximate surface area is 106 Å². The summed E-state index contributed by atoms with van der Waals surface area (Å²) in [6, 6.07) is 1.80. The summed E-state index contributed by atoms with van der Waals surface area (Å²) in [7, 11) is 3.38. The molecule has 0 bridgehead atoms. The van der Waals surface area contributed by atoms with Crippen molar-refractivity contribution in [3.8, 4) is 0 Å². The third-order valence-corrected chi connectivity index (χ3v) is 2.21. The quantitative estimate of drug-likeness (QED) is 0.577. The van der Waals surface area contributed by atoms with Gasteiger partial charge in [0.1, 0.15) is 18.2 Å². The van der Waals surface area contributed by atoms with Crippen LogP contribution < -0.4 is 16.4 Å². The van der Waals surface area contributed by atoms with Crippen LogP contribution in [0.3, 0.4) is 0 Å². The zero-order valence-electron chi connectivity index (χ0n) is 10.7. The van der Waals surface area contributed by atoms with Crippen molar-refractivity contribution in [3.05, 3.63) is 11.9 Å². The second-order valence-electron chi connectivity index (χ2n) is 3.73. The van der Waals surface area contributed by atoms with E-state index in [4.69, 9.17) is 10.5 Å². The zero-order chi connectivity index (χ0) is 13.4. The van der Waals surface area contributed by atoms with E-state index in [1.807, 2.05) is 0 Å². The van der Waals surface area contributed by atoms with E-state index in [2.05, 4.69) is 20.6 Å². The van der Waals surface area contributed by atoms with E-state index >= 15 is 0 Å². The van der Waals surface area contributed by atoms with Crippen molar-refractivity contribution in [3.63, 3.8) is 0 Å². The van der Waals surface area contributed by atoms with Gasteiger partial charge in [0.2, 0.25) is 5.91 Å². The van der Waals surface area contributed by atoms with Crippen LogP contribution in [0, 0.1) is 0 Å². The predicted octanol–water partition coefficient (Wildman–Crippen LogP) is 0.342. The van der Waals surface area contributed by atoms with Crippen molar-refractivity contribution in [2.24, 2.45) is 5.73 Å². The third kappa shape index (κ3) is 4.96. The number of nitrogens with zero attached hydrogens (tertiary/aromatic N) is 2. The lowest BCUT2D eigenvalue weighted by Crippen LogP contribution is -2.13. The Morgan fingerprint density at radius 3 is 2.78 bits per heavy atom. The highest BCUT2D eigenvalue weighted by atomic mass is 16.5. The number of carbonyl (C=O) groups is 1. The molecule has 0 spiro atoms. The molecule has 0 aliphatic heterocycles. The van der Waals surface area contributed by atoms with Crippen LogP contribution in [0.1, 0.15) is 18.7 Å². The summed E-state index contributed by atoms with van der Waals surface area (Å²) in [6.07, 6.45) is 1.04. The molecule has 100 valence electrons. The molecule has 1 amide bonds. The molecule has 1 aromatic rings. The van der Waals surface area contributed by atoms with Crippen LogP contribution >= 0.6 is 0 Å². The number of amides is 1. The van der Waals surface area contributed by atoms with E-state index < -0.39 is 0 Å². The number of primary amides is 1. The first-order valence-corrected chi connectivity index (χ1v) is 5.72. The number of aromatic nitrogens is 2. The summed E-state index contributed by atoms with van der Waals surface area (Å²) in [6.45, 7) is 0.987. The van der Waals surface area contributed by atoms with Gasteiger partial charge in [0.25, 0.3) is 0 Å². The molecule has 1 rings (SSSR count). The Morgan fingerprint density at radius 1 is 1.44 bits per heavy atom. The van der Waals surface area contributed by atoms with Gasteiger partial charge in [-0.25, -0.2) is 9.97 Å². The van der Waals surface area contributed by atoms with Gasteiger partial charge in [-0.3, -0.25) is 4.79 Å². The third-order valence-electron chi connectivity index (χ3n) is 2.21. The minimum atomic E-state index is -0.296. The summed E-state index contributed by atoms with van der Waals surface area (Å²) in [4.78, 5) is 19.1. The summed E-state index contributed by atoms with van der Waals surface area (Å²) in [5.74, 6) is 1.72. The largest absolute Gasteiger partial charge is 0.377 e. The van der Waals surface area contributed by atoms with E-state index in [1.165, 1.54) is 0 Å². The molecule has 0 saturated heterocycles. The van der Waals surface area contributed by atoms with Crippen molar-refractivity contribution in [2.75, 3.05) is 31.3 Å². The van der Waals surface area contributed by atoms with Gasteiger partial charge in [0, 0.05) is 33.2 Å². The average molecular weight is 253 g/mol. The standard InChI is InChI=1S/C11H19N5O2/c1-13-9-6-10(14-5-3-4-8(12)17)16-11(15-9)7-18-2/h6H,3-5,7H2,1-2H3,(H2,12,17)(H2,13,14,15,16). The molecule has 0 unspecified atom stereocenters. The highest BCUT2D eigenvalue weighted by molar-refractivity contribution is 5.73. The lowest BCUT2D eigenvalue weighted by Gasteiger charge is -2.09. The summed E-state index contributed by atoms with van der Waals surface area (Å²) in [5.41, 5.74) is 5.06. The van der Waals surface area contributed by atoms with Gasteiger partial charge in [-0.1, -0.05) is 0 Å². The number of hydrogen-bond acceptors (Lipinski definition) is 6. The van der Waals surface area contributed by atoms with Crippen molar-refractivity contribution in [2.45, 2.75) is 19.4 Å². The van der Waals surface area contributed by atoms with Crippen LogP contribution in [-0.4, -0.2) is 36.6 Å². The molecule has 0 radical (unpaired) electrons. The van der Waals surface area contributed by atoms with E-state index in [0.717, 1.165) is 5.82 Å². The van der Waals surface area contributed by atoms with Crippen molar-refractivity contribution >= 4 is 17.5 Å². The molecule has 0 fully saturated rings. The summed E-state index contributed by atoms with van der Waals surface area (Å²) in [5, 5.41) is 6.07. The van der Waals surface area contributed by atoms with Crippen LogP contribution in [0.5, 0.6) is 0 Å². The van der Waals surface area contributed by atoms with Crippen LogP contribution in [0.15, 0.2) is 6.07 Å². The molecule has 1 aromatic heterocycles.